The van der Waals surface area contributed by atoms with Crippen LogP contribution in [0.1, 0.15) is 47.7 Å². The summed E-state index contributed by atoms with van der Waals surface area (Å²) < 4.78 is 0. The number of aryl methyl sites for hydroxylation is 1. The van der Waals surface area contributed by atoms with Gasteiger partial charge in [0, 0.05) is 5.56 Å². The van der Waals surface area contributed by atoms with Crippen molar-refractivity contribution in [1.29, 1.82) is 0 Å². The molecule has 15 heavy (non-hydrogen) atoms. The maximum atomic E-state index is 11.2. The van der Waals surface area contributed by atoms with E-state index in [4.69, 9.17) is 5.73 Å². The van der Waals surface area contributed by atoms with Crippen molar-refractivity contribution in [2.75, 3.05) is 0 Å². The van der Waals surface area contributed by atoms with Gasteiger partial charge in [-0.2, -0.15) is 0 Å². The van der Waals surface area contributed by atoms with Crippen molar-refractivity contribution in [2.24, 2.45) is 5.73 Å². The van der Waals surface area contributed by atoms with E-state index in [0.717, 1.165) is 18.4 Å². The van der Waals surface area contributed by atoms with Crippen LogP contribution >= 0.6 is 0 Å². The van der Waals surface area contributed by atoms with Crippen LogP contribution in [-0.4, -0.2) is 5.91 Å². The van der Waals surface area contributed by atoms with Gasteiger partial charge >= 0.3 is 0 Å². The number of nitrogens with two attached hydrogens (primary N) is 1. The number of benzene rings is 1. The number of carbonyl (C=O) groups is 1. The fourth-order valence-corrected chi connectivity index (χ4v) is 1.82. The van der Waals surface area contributed by atoms with Gasteiger partial charge in [0.05, 0.1) is 0 Å². The first-order valence-electron chi connectivity index (χ1n) is 5.55. The van der Waals surface area contributed by atoms with Crippen LogP contribution in [0.4, 0.5) is 0 Å². The van der Waals surface area contributed by atoms with Crippen LogP contribution in [0.2, 0.25) is 0 Å². The Morgan fingerprint density at radius 1 is 1.33 bits per heavy atom. The number of carbonyl (C=O) groups excluding carboxylic acids is 1. The second-order valence-electron chi connectivity index (χ2n) is 3.92. The van der Waals surface area contributed by atoms with Gasteiger partial charge in [-0.1, -0.05) is 31.9 Å². The van der Waals surface area contributed by atoms with Crippen molar-refractivity contribution >= 4 is 5.91 Å². The highest BCUT2D eigenvalue weighted by Crippen LogP contribution is 2.17. The van der Waals surface area contributed by atoms with Crippen molar-refractivity contribution in [3.05, 3.63) is 34.9 Å². The second kappa shape index (κ2) is 5.54. The average molecular weight is 205 g/mol. The van der Waals surface area contributed by atoms with E-state index in [1.165, 1.54) is 18.4 Å². The van der Waals surface area contributed by atoms with E-state index in [0.29, 0.717) is 5.56 Å². The molecule has 0 spiro atoms. The van der Waals surface area contributed by atoms with Crippen LogP contribution in [0.15, 0.2) is 18.2 Å². The molecular weight excluding hydrogens is 186 g/mol. The lowest BCUT2D eigenvalue weighted by Gasteiger charge is -2.09. The summed E-state index contributed by atoms with van der Waals surface area (Å²) in [6.45, 7) is 4.21. The Kier molecular flexibility index (Phi) is 4.35. The molecule has 0 radical (unpaired) electrons. The monoisotopic (exact) mass is 205 g/mol. The molecule has 0 saturated carbocycles. The largest absolute Gasteiger partial charge is 0.366 e. The number of unbranched alkanes of at least 4 members (excludes halogenated alkanes) is 2. The highest BCUT2D eigenvalue weighted by atomic mass is 16.1. The maximum Gasteiger partial charge on any atom is 0.248 e. The Morgan fingerprint density at radius 3 is 2.67 bits per heavy atom. The minimum absolute atomic E-state index is 0.315. The highest BCUT2D eigenvalue weighted by Gasteiger charge is 2.09. The van der Waals surface area contributed by atoms with Gasteiger partial charge in [0.15, 0.2) is 0 Å². The fraction of sp³-hybridized carbons (Fsp3) is 0.462. The molecule has 1 rings (SSSR count). The lowest BCUT2D eigenvalue weighted by molar-refractivity contribution is 0.0999. The smallest absolute Gasteiger partial charge is 0.248 e. The van der Waals surface area contributed by atoms with E-state index >= 15 is 0 Å². The zero-order chi connectivity index (χ0) is 11.3. The molecule has 0 fully saturated rings. The van der Waals surface area contributed by atoms with Gasteiger partial charge in [-0.3, -0.25) is 4.79 Å². The van der Waals surface area contributed by atoms with Gasteiger partial charge in [-0.05, 0) is 37.0 Å². The molecule has 0 bridgehead atoms. The third kappa shape index (κ3) is 3.08. The number of hydrogen-bond acceptors (Lipinski definition) is 1. The summed E-state index contributed by atoms with van der Waals surface area (Å²) in [6.07, 6.45) is 4.48. The van der Waals surface area contributed by atoms with Gasteiger partial charge < -0.3 is 5.73 Å². The minimum Gasteiger partial charge on any atom is -0.366 e. The fourth-order valence-electron chi connectivity index (χ4n) is 1.82. The lowest BCUT2D eigenvalue weighted by atomic mass is 9.96. The Bertz CT molecular complexity index is 344. The molecule has 0 aromatic heterocycles. The molecule has 2 nitrogen and oxygen atoms in total. The molecule has 0 atom stereocenters. The van der Waals surface area contributed by atoms with Gasteiger partial charge in [-0.25, -0.2) is 0 Å². The molecule has 0 aliphatic heterocycles. The molecule has 0 heterocycles. The van der Waals surface area contributed by atoms with E-state index < -0.39 is 0 Å². The van der Waals surface area contributed by atoms with E-state index in [1.807, 2.05) is 25.1 Å². The van der Waals surface area contributed by atoms with Crippen molar-refractivity contribution in [1.82, 2.24) is 0 Å². The van der Waals surface area contributed by atoms with Gasteiger partial charge in [0.2, 0.25) is 5.91 Å². The van der Waals surface area contributed by atoms with Crippen LogP contribution in [0.25, 0.3) is 0 Å². The molecule has 1 amide bonds. The summed E-state index contributed by atoms with van der Waals surface area (Å²) in [6, 6.07) is 5.74. The van der Waals surface area contributed by atoms with Crippen LogP contribution < -0.4 is 5.73 Å². The Hall–Kier alpha value is -1.31. The van der Waals surface area contributed by atoms with Crippen molar-refractivity contribution in [2.45, 2.75) is 39.5 Å². The molecular formula is C13H19NO. The molecule has 0 saturated heterocycles. The molecule has 0 aliphatic rings. The lowest BCUT2D eigenvalue weighted by Crippen LogP contribution is -2.14. The van der Waals surface area contributed by atoms with E-state index in [-0.39, 0.29) is 5.91 Å². The van der Waals surface area contributed by atoms with E-state index in [2.05, 4.69) is 6.92 Å². The second-order valence-corrected chi connectivity index (χ2v) is 3.92. The molecule has 1 aromatic rings. The minimum atomic E-state index is -0.315. The summed E-state index contributed by atoms with van der Waals surface area (Å²) in [7, 11) is 0. The van der Waals surface area contributed by atoms with Gasteiger partial charge in [0.1, 0.15) is 0 Å². The van der Waals surface area contributed by atoms with Crippen LogP contribution in [0.5, 0.6) is 0 Å². The number of rotatable bonds is 5. The predicted molar refractivity (Wildman–Crippen MR) is 62.9 cm³/mol. The molecule has 2 N–H and O–H groups in total. The number of amides is 1. The first-order valence-corrected chi connectivity index (χ1v) is 5.55. The normalized spacial score (nSPS) is 10.3. The number of primary amides is 1. The number of hydrogen-bond donors (Lipinski definition) is 1. The predicted octanol–water partition coefficient (Wildman–Crippen LogP) is 2.83. The van der Waals surface area contributed by atoms with Gasteiger partial charge in [0.25, 0.3) is 0 Å². The summed E-state index contributed by atoms with van der Waals surface area (Å²) in [4.78, 5) is 11.2. The first-order chi connectivity index (χ1) is 7.16. The van der Waals surface area contributed by atoms with Crippen LogP contribution in [0, 0.1) is 6.92 Å². The Balaban J connectivity index is 2.87. The third-order valence-corrected chi connectivity index (χ3v) is 2.71. The van der Waals surface area contributed by atoms with Crippen molar-refractivity contribution in [3.8, 4) is 0 Å². The zero-order valence-corrected chi connectivity index (χ0v) is 9.55. The van der Waals surface area contributed by atoms with Gasteiger partial charge in [-0.15, -0.1) is 0 Å². The summed E-state index contributed by atoms with van der Waals surface area (Å²) in [5, 5.41) is 0. The Morgan fingerprint density at radius 2 is 2.07 bits per heavy atom. The summed E-state index contributed by atoms with van der Waals surface area (Å²) in [5.74, 6) is -0.315. The van der Waals surface area contributed by atoms with Crippen LogP contribution in [-0.2, 0) is 6.42 Å². The topological polar surface area (TPSA) is 43.1 Å². The maximum absolute atomic E-state index is 11.2. The standard InChI is InChI=1S/C13H19NO/c1-3-4-5-8-11-10(2)7-6-9-12(11)13(14)15/h6-7,9H,3-5,8H2,1-2H3,(H2,14,15). The highest BCUT2D eigenvalue weighted by molar-refractivity contribution is 5.94. The Labute approximate surface area is 91.5 Å². The average Bonchev–Trinajstić information content (AvgIpc) is 2.20. The molecule has 2 heteroatoms. The van der Waals surface area contributed by atoms with E-state index in [1.54, 1.807) is 0 Å². The first kappa shape index (κ1) is 11.8. The molecule has 82 valence electrons. The molecule has 0 unspecified atom stereocenters. The molecule has 1 aromatic carbocycles. The summed E-state index contributed by atoms with van der Waals surface area (Å²) in [5.41, 5.74) is 8.33. The van der Waals surface area contributed by atoms with Crippen LogP contribution in [0.3, 0.4) is 0 Å². The van der Waals surface area contributed by atoms with Crippen molar-refractivity contribution in [3.63, 3.8) is 0 Å². The van der Waals surface area contributed by atoms with Crippen molar-refractivity contribution < 1.29 is 4.79 Å². The quantitative estimate of drug-likeness (QED) is 0.738. The SMILES string of the molecule is CCCCCc1c(C)cccc1C(N)=O. The zero-order valence-electron chi connectivity index (χ0n) is 9.55. The van der Waals surface area contributed by atoms with E-state index in [9.17, 15) is 4.79 Å². The third-order valence-electron chi connectivity index (χ3n) is 2.71. The summed E-state index contributed by atoms with van der Waals surface area (Å²) >= 11 is 0. The molecule has 0 aliphatic carbocycles.